The van der Waals surface area contributed by atoms with Crippen LogP contribution in [0.2, 0.25) is 0 Å². The van der Waals surface area contributed by atoms with Crippen molar-refractivity contribution in [1.29, 1.82) is 0 Å². The lowest BCUT2D eigenvalue weighted by molar-refractivity contribution is 0.292. The quantitative estimate of drug-likeness (QED) is 0.839. The number of benzene rings is 1. The molecule has 1 aromatic rings. The molecule has 0 radical (unpaired) electrons. The Kier molecular flexibility index (Phi) is 5.14. The van der Waals surface area contributed by atoms with Gasteiger partial charge in [0.25, 0.3) is 0 Å². The van der Waals surface area contributed by atoms with Crippen LogP contribution in [-0.2, 0) is 6.54 Å². The number of hydrogen-bond donors (Lipinski definition) is 2. The van der Waals surface area contributed by atoms with Crippen molar-refractivity contribution >= 4 is 0 Å². The summed E-state index contributed by atoms with van der Waals surface area (Å²) < 4.78 is 13.4. The zero-order valence-electron chi connectivity index (χ0n) is 11.1. The minimum atomic E-state index is -0.108. The lowest BCUT2D eigenvalue weighted by Gasteiger charge is -2.28. The van der Waals surface area contributed by atoms with Gasteiger partial charge in [0, 0.05) is 18.2 Å². The highest BCUT2D eigenvalue weighted by molar-refractivity contribution is 5.16. The Balaban J connectivity index is 1.69. The van der Waals surface area contributed by atoms with Gasteiger partial charge in [-0.05, 0) is 51.3 Å². The smallest absolute Gasteiger partial charge is 0.127 e. The molecule has 2 rings (SSSR count). The molecular formula is C15H23FN2. The van der Waals surface area contributed by atoms with Gasteiger partial charge in [-0.1, -0.05) is 18.2 Å². The molecule has 0 atom stereocenters. The average molecular weight is 250 g/mol. The van der Waals surface area contributed by atoms with E-state index in [1.807, 2.05) is 19.2 Å². The molecule has 18 heavy (non-hydrogen) atoms. The third-order valence-electron chi connectivity index (χ3n) is 3.96. The van der Waals surface area contributed by atoms with Crippen molar-refractivity contribution in [2.75, 3.05) is 13.6 Å². The average Bonchev–Trinajstić information content (AvgIpc) is 2.42. The second-order valence-electron chi connectivity index (χ2n) is 5.23. The van der Waals surface area contributed by atoms with E-state index >= 15 is 0 Å². The Labute approximate surface area is 109 Å². The molecule has 1 aromatic carbocycles. The summed E-state index contributed by atoms with van der Waals surface area (Å²) >= 11 is 0. The zero-order valence-corrected chi connectivity index (χ0v) is 11.1. The van der Waals surface area contributed by atoms with Crippen LogP contribution in [0.15, 0.2) is 24.3 Å². The van der Waals surface area contributed by atoms with Crippen molar-refractivity contribution in [3.63, 3.8) is 0 Å². The Morgan fingerprint density at radius 3 is 2.56 bits per heavy atom. The van der Waals surface area contributed by atoms with Crippen LogP contribution in [0, 0.1) is 11.7 Å². The molecule has 1 fully saturated rings. The monoisotopic (exact) mass is 250 g/mol. The van der Waals surface area contributed by atoms with E-state index in [9.17, 15) is 4.39 Å². The molecule has 0 amide bonds. The summed E-state index contributed by atoms with van der Waals surface area (Å²) in [4.78, 5) is 0. The van der Waals surface area contributed by atoms with Crippen LogP contribution in [0.3, 0.4) is 0 Å². The molecule has 0 heterocycles. The molecule has 1 aliphatic carbocycles. The first-order chi connectivity index (χ1) is 8.79. The van der Waals surface area contributed by atoms with E-state index in [0.717, 1.165) is 18.0 Å². The SMILES string of the molecule is CNC1CCC(CNCc2ccccc2F)CC1. The first kappa shape index (κ1) is 13.5. The van der Waals surface area contributed by atoms with Gasteiger partial charge in [0.15, 0.2) is 0 Å². The van der Waals surface area contributed by atoms with Crippen molar-refractivity contribution in [3.05, 3.63) is 35.6 Å². The largest absolute Gasteiger partial charge is 0.317 e. The fraction of sp³-hybridized carbons (Fsp3) is 0.600. The number of halogens is 1. The van der Waals surface area contributed by atoms with Gasteiger partial charge in [0.2, 0.25) is 0 Å². The molecule has 2 nitrogen and oxygen atoms in total. The Morgan fingerprint density at radius 2 is 1.89 bits per heavy atom. The van der Waals surface area contributed by atoms with Crippen molar-refractivity contribution in [2.24, 2.45) is 5.92 Å². The first-order valence-corrected chi connectivity index (χ1v) is 6.91. The maximum absolute atomic E-state index is 13.4. The summed E-state index contributed by atoms with van der Waals surface area (Å²) in [7, 11) is 2.04. The molecule has 0 aromatic heterocycles. The highest BCUT2D eigenvalue weighted by atomic mass is 19.1. The van der Waals surface area contributed by atoms with Crippen LogP contribution in [-0.4, -0.2) is 19.6 Å². The van der Waals surface area contributed by atoms with E-state index in [-0.39, 0.29) is 5.82 Å². The Morgan fingerprint density at radius 1 is 1.17 bits per heavy atom. The van der Waals surface area contributed by atoms with Crippen LogP contribution < -0.4 is 10.6 Å². The lowest BCUT2D eigenvalue weighted by atomic mass is 9.86. The van der Waals surface area contributed by atoms with E-state index in [4.69, 9.17) is 0 Å². The molecular weight excluding hydrogens is 227 g/mol. The molecule has 0 saturated heterocycles. The number of hydrogen-bond acceptors (Lipinski definition) is 2. The summed E-state index contributed by atoms with van der Waals surface area (Å²) in [5.41, 5.74) is 0.765. The van der Waals surface area contributed by atoms with E-state index in [2.05, 4.69) is 10.6 Å². The van der Waals surface area contributed by atoms with E-state index in [0.29, 0.717) is 12.6 Å². The fourth-order valence-electron chi connectivity index (χ4n) is 2.71. The predicted molar refractivity (Wildman–Crippen MR) is 72.9 cm³/mol. The summed E-state index contributed by atoms with van der Waals surface area (Å²) in [6.45, 7) is 1.64. The van der Waals surface area contributed by atoms with Gasteiger partial charge in [-0.2, -0.15) is 0 Å². The molecule has 1 saturated carbocycles. The summed E-state index contributed by atoms with van der Waals surface area (Å²) in [6, 6.07) is 7.69. The minimum Gasteiger partial charge on any atom is -0.317 e. The van der Waals surface area contributed by atoms with Crippen LogP contribution in [0.5, 0.6) is 0 Å². The summed E-state index contributed by atoms with van der Waals surface area (Å²) in [5, 5.41) is 6.73. The van der Waals surface area contributed by atoms with Gasteiger partial charge in [0.1, 0.15) is 5.82 Å². The molecule has 0 bridgehead atoms. The lowest BCUT2D eigenvalue weighted by Crippen LogP contribution is -2.33. The van der Waals surface area contributed by atoms with Gasteiger partial charge < -0.3 is 10.6 Å². The normalized spacial score (nSPS) is 24.1. The molecule has 2 N–H and O–H groups in total. The van der Waals surface area contributed by atoms with Crippen LogP contribution in [0.1, 0.15) is 31.2 Å². The molecule has 100 valence electrons. The van der Waals surface area contributed by atoms with E-state index in [1.165, 1.54) is 31.7 Å². The third kappa shape index (κ3) is 3.79. The third-order valence-corrected chi connectivity index (χ3v) is 3.96. The van der Waals surface area contributed by atoms with Gasteiger partial charge in [-0.15, -0.1) is 0 Å². The van der Waals surface area contributed by atoms with Gasteiger partial charge in [0.05, 0.1) is 0 Å². The first-order valence-electron chi connectivity index (χ1n) is 6.91. The Bertz CT molecular complexity index is 359. The van der Waals surface area contributed by atoms with Crippen molar-refractivity contribution in [3.8, 4) is 0 Å². The van der Waals surface area contributed by atoms with Gasteiger partial charge in [-0.3, -0.25) is 0 Å². The number of rotatable bonds is 5. The van der Waals surface area contributed by atoms with Gasteiger partial charge in [-0.25, -0.2) is 4.39 Å². The van der Waals surface area contributed by atoms with E-state index < -0.39 is 0 Å². The Hall–Kier alpha value is -0.930. The fourth-order valence-corrected chi connectivity index (χ4v) is 2.71. The second-order valence-corrected chi connectivity index (χ2v) is 5.23. The highest BCUT2D eigenvalue weighted by Crippen LogP contribution is 2.23. The topological polar surface area (TPSA) is 24.1 Å². The van der Waals surface area contributed by atoms with Crippen LogP contribution >= 0.6 is 0 Å². The molecule has 3 heteroatoms. The standard InChI is InChI=1S/C15H23FN2/c1-17-14-8-6-12(7-9-14)10-18-11-13-4-2-3-5-15(13)16/h2-5,12,14,17-18H,6-11H2,1H3. The second kappa shape index (κ2) is 6.86. The molecule has 0 unspecified atom stereocenters. The van der Waals surface area contributed by atoms with Gasteiger partial charge >= 0.3 is 0 Å². The van der Waals surface area contributed by atoms with Crippen molar-refractivity contribution in [1.82, 2.24) is 10.6 Å². The maximum Gasteiger partial charge on any atom is 0.127 e. The maximum atomic E-state index is 13.4. The molecule has 0 aliphatic heterocycles. The molecule has 0 spiro atoms. The van der Waals surface area contributed by atoms with Crippen LogP contribution in [0.25, 0.3) is 0 Å². The summed E-state index contributed by atoms with van der Waals surface area (Å²) in [6.07, 6.45) is 5.08. The highest BCUT2D eigenvalue weighted by Gasteiger charge is 2.19. The molecule has 1 aliphatic rings. The van der Waals surface area contributed by atoms with Crippen molar-refractivity contribution < 1.29 is 4.39 Å². The predicted octanol–water partition coefficient (Wildman–Crippen LogP) is 2.69. The minimum absolute atomic E-state index is 0.108. The zero-order chi connectivity index (χ0) is 12.8. The number of nitrogens with one attached hydrogen (secondary N) is 2. The van der Waals surface area contributed by atoms with Crippen LogP contribution in [0.4, 0.5) is 4.39 Å². The summed E-state index contributed by atoms with van der Waals surface area (Å²) in [5.74, 6) is 0.644. The van der Waals surface area contributed by atoms with Crippen molar-refractivity contribution in [2.45, 2.75) is 38.3 Å². The van der Waals surface area contributed by atoms with E-state index in [1.54, 1.807) is 6.07 Å².